The number of nitrogens with one attached hydrogen (secondary N) is 2. The lowest BCUT2D eigenvalue weighted by Crippen LogP contribution is -2.40. The number of carbonyl (C=O) groups is 1. The van der Waals surface area contributed by atoms with Crippen LogP contribution in [0.1, 0.15) is 51.6 Å². The van der Waals surface area contributed by atoms with Gasteiger partial charge in [0, 0.05) is 29.0 Å². The third kappa shape index (κ3) is 6.40. The smallest absolute Gasteiger partial charge is 0.241 e. The van der Waals surface area contributed by atoms with Crippen molar-refractivity contribution in [2.75, 3.05) is 5.32 Å². The quantitative estimate of drug-likeness (QED) is 0.718. The summed E-state index contributed by atoms with van der Waals surface area (Å²) in [7, 11) is -3.67. The van der Waals surface area contributed by atoms with Crippen molar-refractivity contribution in [1.82, 2.24) is 14.5 Å². The molecule has 7 nitrogen and oxygen atoms in total. The maximum atomic E-state index is 12.6. The Labute approximate surface area is 173 Å². The Kier molecular flexibility index (Phi) is 6.90. The van der Waals surface area contributed by atoms with Gasteiger partial charge < -0.3 is 5.32 Å². The Bertz CT molecular complexity index is 986. The van der Waals surface area contributed by atoms with E-state index in [-0.39, 0.29) is 17.2 Å². The molecule has 2 N–H and O–H groups in total. The number of benzene rings is 1. The van der Waals surface area contributed by atoms with Crippen LogP contribution in [0, 0.1) is 19.8 Å². The van der Waals surface area contributed by atoms with Gasteiger partial charge in [0.05, 0.1) is 17.0 Å². The second-order valence-electron chi connectivity index (χ2n) is 8.83. The number of aromatic nitrogens is 2. The van der Waals surface area contributed by atoms with E-state index in [4.69, 9.17) is 0 Å². The average Bonchev–Trinajstić information content (AvgIpc) is 2.80. The lowest BCUT2D eigenvalue weighted by molar-refractivity contribution is -0.115. The van der Waals surface area contributed by atoms with Crippen LogP contribution < -0.4 is 10.0 Å². The third-order valence-electron chi connectivity index (χ3n) is 4.28. The van der Waals surface area contributed by atoms with Crippen LogP contribution in [-0.4, -0.2) is 29.6 Å². The van der Waals surface area contributed by atoms with Crippen LogP contribution >= 0.6 is 0 Å². The number of amides is 1. The standard InChI is InChI=1S/C21H32N4O3S/c1-14(2)13-25-16(4)19(15(3)23-25)12-20(26)22-17-9-8-10-18(11-17)29(27,28)24-21(5,6)7/h8-11,14,24H,12-13H2,1-7H3,(H,22,26). The summed E-state index contributed by atoms with van der Waals surface area (Å²) in [6.07, 6.45) is 0.187. The average molecular weight is 421 g/mol. The molecule has 160 valence electrons. The van der Waals surface area contributed by atoms with Gasteiger partial charge >= 0.3 is 0 Å². The number of hydrogen-bond donors (Lipinski definition) is 2. The number of nitrogens with zero attached hydrogens (tertiary/aromatic N) is 2. The first-order valence-electron chi connectivity index (χ1n) is 9.75. The highest BCUT2D eigenvalue weighted by molar-refractivity contribution is 7.89. The molecule has 2 rings (SSSR count). The predicted molar refractivity (Wildman–Crippen MR) is 115 cm³/mol. The fraction of sp³-hybridized carbons (Fsp3) is 0.524. The number of sulfonamides is 1. The summed E-state index contributed by atoms with van der Waals surface area (Å²) in [6, 6.07) is 6.27. The Balaban J connectivity index is 2.16. The SMILES string of the molecule is Cc1nn(CC(C)C)c(C)c1CC(=O)Nc1cccc(S(=O)(=O)NC(C)(C)C)c1. The van der Waals surface area contributed by atoms with Crippen molar-refractivity contribution >= 4 is 21.6 Å². The third-order valence-corrected chi connectivity index (χ3v) is 6.03. The first kappa shape index (κ1) is 23.1. The second kappa shape index (κ2) is 8.67. The molecule has 0 aliphatic rings. The molecule has 0 radical (unpaired) electrons. The second-order valence-corrected chi connectivity index (χ2v) is 10.5. The van der Waals surface area contributed by atoms with Gasteiger partial charge in [-0.25, -0.2) is 13.1 Å². The minimum Gasteiger partial charge on any atom is -0.326 e. The molecule has 0 unspecified atom stereocenters. The summed E-state index contributed by atoms with van der Waals surface area (Å²) < 4.78 is 29.6. The number of aryl methyl sites for hydroxylation is 1. The summed E-state index contributed by atoms with van der Waals surface area (Å²) in [5, 5.41) is 7.34. The topological polar surface area (TPSA) is 93.1 Å². The van der Waals surface area contributed by atoms with Gasteiger partial charge in [-0.2, -0.15) is 5.10 Å². The van der Waals surface area contributed by atoms with Crippen molar-refractivity contribution in [1.29, 1.82) is 0 Å². The molecule has 0 aliphatic heterocycles. The number of rotatable bonds is 7. The van der Waals surface area contributed by atoms with E-state index in [1.54, 1.807) is 32.9 Å². The Hall–Kier alpha value is -2.19. The van der Waals surface area contributed by atoms with Crippen molar-refractivity contribution in [3.63, 3.8) is 0 Å². The maximum Gasteiger partial charge on any atom is 0.241 e. The zero-order valence-electron chi connectivity index (χ0n) is 18.3. The van der Waals surface area contributed by atoms with Crippen molar-refractivity contribution in [2.24, 2.45) is 5.92 Å². The largest absolute Gasteiger partial charge is 0.326 e. The van der Waals surface area contributed by atoms with Crippen LogP contribution in [0.25, 0.3) is 0 Å². The van der Waals surface area contributed by atoms with Crippen LogP contribution in [0.5, 0.6) is 0 Å². The van der Waals surface area contributed by atoms with Crippen LogP contribution in [0.15, 0.2) is 29.2 Å². The molecule has 29 heavy (non-hydrogen) atoms. The zero-order chi connectivity index (χ0) is 22.0. The van der Waals surface area contributed by atoms with Crippen LogP contribution in [0.2, 0.25) is 0 Å². The Morgan fingerprint density at radius 1 is 1.21 bits per heavy atom. The molecule has 1 aromatic heterocycles. The fourth-order valence-corrected chi connectivity index (χ4v) is 4.55. The van der Waals surface area contributed by atoms with Crippen LogP contribution in [-0.2, 0) is 27.8 Å². The number of carbonyl (C=O) groups excluding carboxylic acids is 1. The van der Waals surface area contributed by atoms with Gasteiger partial charge in [0.1, 0.15) is 0 Å². The molecule has 0 saturated carbocycles. The van der Waals surface area contributed by atoms with Gasteiger partial charge in [0.25, 0.3) is 0 Å². The lowest BCUT2D eigenvalue weighted by Gasteiger charge is -2.20. The molecule has 1 heterocycles. The van der Waals surface area contributed by atoms with Crippen molar-refractivity contribution in [2.45, 2.75) is 71.9 Å². The fourth-order valence-electron chi connectivity index (χ4n) is 3.08. The van der Waals surface area contributed by atoms with Crippen LogP contribution in [0.3, 0.4) is 0 Å². The van der Waals surface area contributed by atoms with E-state index in [0.717, 1.165) is 23.5 Å². The zero-order valence-corrected chi connectivity index (χ0v) is 19.1. The van der Waals surface area contributed by atoms with E-state index in [2.05, 4.69) is 29.0 Å². The van der Waals surface area contributed by atoms with E-state index >= 15 is 0 Å². The van der Waals surface area contributed by atoms with E-state index < -0.39 is 15.6 Å². The summed E-state index contributed by atoms with van der Waals surface area (Å²) >= 11 is 0. The highest BCUT2D eigenvalue weighted by atomic mass is 32.2. The van der Waals surface area contributed by atoms with Gasteiger partial charge in [0.2, 0.25) is 15.9 Å². The van der Waals surface area contributed by atoms with Crippen molar-refractivity contribution in [3.8, 4) is 0 Å². The van der Waals surface area contributed by atoms with E-state index in [1.165, 1.54) is 12.1 Å². The molecule has 8 heteroatoms. The predicted octanol–water partition coefficient (Wildman–Crippen LogP) is 3.41. The minimum atomic E-state index is -3.67. The lowest BCUT2D eigenvalue weighted by atomic mass is 10.1. The minimum absolute atomic E-state index is 0.113. The number of hydrogen-bond acceptors (Lipinski definition) is 4. The molecule has 0 saturated heterocycles. The molecule has 0 fully saturated rings. The molecule has 1 aromatic carbocycles. The van der Waals surface area contributed by atoms with Crippen molar-refractivity contribution in [3.05, 3.63) is 41.2 Å². The molecule has 1 amide bonds. The van der Waals surface area contributed by atoms with Gasteiger partial charge in [-0.1, -0.05) is 19.9 Å². The summed E-state index contributed by atoms with van der Waals surface area (Å²) in [5.41, 5.74) is 2.57. The molecule has 0 bridgehead atoms. The Morgan fingerprint density at radius 2 is 1.86 bits per heavy atom. The Morgan fingerprint density at radius 3 is 2.45 bits per heavy atom. The highest BCUT2D eigenvalue weighted by Gasteiger charge is 2.22. The van der Waals surface area contributed by atoms with Gasteiger partial charge in [-0.05, 0) is 58.7 Å². The number of anilines is 1. The van der Waals surface area contributed by atoms with Gasteiger partial charge in [0.15, 0.2) is 0 Å². The first-order valence-corrected chi connectivity index (χ1v) is 11.2. The monoisotopic (exact) mass is 420 g/mol. The summed E-state index contributed by atoms with van der Waals surface area (Å²) in [6.45, 7) is 14.3. The van der Waals surface area contributed by atoms with Crippen LogP contribution in [0.4, 0.5) is 5.69 Å². The molecule has 2 aromatic rings. The molecule has 0 spiro atoms. The summed E-state index contributed by atoms with van der Waals surface area (Å²) in [4.78, 5) is 12.7. The summed E-state index contributed by atoms with van der Waals surface area (Å²) in [5.74, 6) is 0.250. The molecular formula is C21H32N4O3S. The molecule has 0 atom stereocenters. The highest BCUT2D eigenvalue weighted by Crippen LogP contribution is 2.19. The first-order chi connectivity index (χ1) is 13.3. The van der Waals surface area contributed by atoms with E-state index in [9.17, 15) is 13.2 Å². The normalized spacial score (nSPS) is 12.4. The molecule has 0 aliphatic carbocycles. The maximum absolute atomic E-state index is 12.6. The van der Waals surface area contributed by atoms with E-state index in [0.29, 0.717) is 11.6 Å². The van der Waals surface area contributed by atoms with Crippen molar-refractivity contribution < 1.29 is 13.2 Å². The van der Waals surface area contributed by atoms with E-state index in [1.807, 2.05) is 18.5 Å². The van der Waals surface area contributed by atoms with Gasteiger partial charge in [-0.3, -0.25) is 9.48 Å². The van der Waals surface area contributed by atoms with Gasteiger partial charge in [-0.15, -0.1) is 0 Å². The molecular weight excluding hydrogens is 388 g/mol.